The third-order valence-corrected chi connectivity index (χ3v) is 1.69. The second-order valence-corrected chi connectivity index (χ2v) is 2.94. The third-order valence-electron chi connectivity index (χ3n) is 1.69. The van der Waals surface area contributed by atoms with Gasteiger partial charge >= 0.3 is 0 Å². The number of hydrogen-bond donors (Lipinski definition) is 3. The SMILES string of the molecule is NC(=O)CNCc1nc(-c2cn[nH]n2)no1. The predicted molar refractivity (Wildman–Crippen MR) is 50.6 cm³/mol. The Kier molecular flexibility index (Phi) is 2.87. The van der Waals surface area contributed by atoms with Gasteiger partial charge in [-0.15, -0.1) is 0 Å². The number of carbonyl (C=O) groups excluding carboxylic acids is 1. The predicted octanol–water partition coefficient (Wildman–Crippen LogP) is -1.57. The minimum atomic E-state index is -0.448. The van der Waals surface area contributed by atoms with Crippen molar-refractivity contribution in [2.75, 3.05) is 6.54 Å². The zero-order valence-electron chi connectivity index (χ0n) is 8.17. The van der Waals surface area contributed by atoms with Crippen molar-refractivity contribution in [1.82, 2.24) is 30.9 Å². The summed E-state index contributed by atoms with van der Waals surface area (Å²) in [4.78, 5) is 14.5. The van der Waals surface area contributed by atoms with Crippen molar-refractivity contribution < 1.29 is 9.32 Å². The molecule has 0 aromatic carbocycles. The molecule has 84 valence electrons. The van der Waals surface area contributed by atoms with Gasteiger partial charge in [-0.3, -0.25) is 10.1 Å². The summed E-state index contributed by atoms with van der Waals surface area (Å²) in [7, 11) is 0. The van der Waals surface area contributed by atoms with Crippen LogP contribution < -0.4 is 11.1 Å². The number of nitrogens with zero attached hydrogens (tertiary/aromatic N) is 4. The number of hydrogen-bond acceptors (Lipinski definition) is 7. The van der Waals surface area contributed by atoms with Gasteiger partial charge in [-0.05, 0) is 0 Å². The standard InChI is InChI=1S/C7H9N7O2/c8-5(15)2-9-3-6-11-7(13-16-6)4-1-10-14-12-4/h1,9H,2-3H2,(H2,8,15)(H,10,12,14). The van der Waals surface area contributed by atoms with Gasteiger partial charge in [-0.1, -0.05) is 5.16 Å². The van der Waals surface area contributed by atoms with Crippen molar-refractivity contribution in [2.24, 2.45) is 5.73 Å². The molecule has 0 spiro atoms. The van der Waals surface area contributed by atoms with Gasteiger partial charge in [0.05, 0.1) is 19.3 Å². The van der Waals surface area contributed by atoms with E-state index in [0.717, 1.165) is 0 Å². The van der Waals surface area contributed by atoms with Gasteiger partial charge in [0.2, 0.25) is 17.6 Å². The van der Waals surface area contributed by atoms with Crippen LogP contribution >= 0.6 is 0 Å². The van der Waals surface area contributed by atoms with E-state index in [2.05, 4.69) is 30.9 Å². The zero-order valence-corrected chi connectivity index (χ0v) is 8.17. The second-order valence-electron chi connectivity index (χ2n) is 2.94. The average Bonchev–Trinajstić information content (AvgIpc) is 2.85. The summed E-state index contributed by atoms with van der Waals surface area (Å²) in [6.07, 6.45) is 1.48. The third kappa shape index (κ3) is 2.39. The van der Waals surface area contributed by atoms with Crippen LogP contribution in [0.2, 0.25) is 0 Å². The van der Waals surface area contributed by atoms with Gasteiger partial charge < -0.3 is 10.3 Å². The van der Waals surface area contributed by atoms with Gasteiger partial charge in [-0.2, -0.15) is 20.4 Å². The van der Waals surface area contributed by atoms with Crippen molar-refractivity contribution in [1.29, 1.82) is 0 Å². The molecule has 0 fully saturated rings. The summed E-state index contributed by atoms with van der Waals surface area (Å²) in [6.45, 7) is 0.329. The van der Waals surface area contributed by atoms with Crippen LogP contribution in [0.1, 0.15) is 5.89 Å². The Balaban J connectivity index is 1.95. The summed E-state index contributed by atoms with van der Waals surface area (Å²) >= 11 is 0. The molecule has 0 saturated carbocycles. The number of aromatic nitrogens is 5. The van der Waals surface area contributed by atoms with Crippen LogP contribution in [0.15, 0.2) is 10.7 Å². The highest BCUT2D eigenvalue weighted by Crippen LogP contribution is 2.09. The van der Waals surface area contributed by atoms with Crippen LogP contribution in [0.25, 0.3) is 11.5 Å². The Morgan fingerprint density at radius 2 is 2.50 bits per heavy atom. The molecule has 0 radical (unpaired) electrons. The molecule has 0 aliphatic rings. The molecule has 16 heavy (non-hydrogen) atoms. The molecule has 4 N–H and O–H groups in total. The van der Waals surface area contributed by atoms with Gasteiger partial charge in [0.1, 0.15) is 0 Å². The molecule has 2 rings (SSSR count). The smallest absolute Gasteiger partial charge is 0.240 e. The molecule has 0 aliphatic carbocycles. The molecule has 0 saturated heterocycles. The normalized spacial score (nSPS) is 10.5. The number of carbonyl (C=O) groups is 1. The van der Waals surface area contributed by atoms with Crippen molar-refractivity contribution >= 4 is 5.91 Å². The van der Waals surface area contributed by atoms with E-state index in [1.54, 1.807) is 0 Å². The van der Waals surface area contributed by atoms with Crippen molar-refractivity contribution in [3.05, 3.63) is 12.1 Å². The summed E-state index contributed by atoms with van der Waals surface area (Å²) in [5.41, 5.74) is 5.44. The second kappa shape index (κ2) is 4.49. The lowest BCUT2D eigenvalue weighted by molar-refractivity contribution is -0.117. The highest BCUT2D eigenvalue weighted by Gasteiger charge is 2.10. The Morgan fingerprint density at radius 1 is 1.62 bits per heavy atom. The van der Waals surface area contributed by atoms with Crippen LogP contribution in [-0.2, 0) is 11.3 Å². The van der Waals surface area contributed by atoms with Crippen LogP contribution in [0.5, 0.6) is 0 Å². The molecule has 0 bridgehead atoms. The fourth-order valence-electron chi connectivity index (χ4n) is 1.03. The molecule has 1 amide bonds. The Hall–Kier alpha value is -2.29. The van der Waals surface area contributed by atoms with Crippen LogP contribution in [-0.4, -0.2) is 38.0 Å². The lowest BCUT2D eigenvalue weighted by Crippen LogP contribution is -2.28. The molecule has 0 atom stereocenters. The highest BCUT2D eigenvalue weighted by atomic mass is 16.5. The molecule has 0 aliphatic heterocycles. The summed E-state index contributed by atoms with van der Waals surface area (Å²) in [5, 5.41) is 16.3. The van der Waals surface area contributed by atoms with Gasteiger partial charge in [0, 0.05) is 0 Å². The van der Waals surface area contributed by atoms with E-state index in [9.17, 15) is 4.79 Å². The molecular weight excluding hydrogens is 214 g/mol. The molecule has 2 aromatic heterocycles. The van der Waals surface area contributed by atoms with Gasteiger partial charge in [0.25, 0.3) is 0 Å². The van der Waals surface area contributed by atoms with Gasteiger partial charge in [0.15, 0.2) is 5.69 Å². The number of H-pyrrole nitrogens is 1. The van der Waals surface area contributed by atoms with Crippen LogP contribution in [0.4, 0.5) is 0 Å². The summed E-state index contributed by atoms with van der Waals surface area (Å²) in [5.74, 6) is 0.236. The Bertz CT molecular complexity index is 463. The van der Waals surface area contributed by atoms with Crippen molar-refractivity contribution in [3.63, 3.8) is 0 Å². The lowest BCUT2D eigenvalue weighted by atomic mass is 10.4. The largest absolute Gasteiger partial charge is 0.369 e. The molecule has 9 heteroatoms. The lowest BCUT2D eigenvalue weighted by Gasteiger charge is -1.94. The summed E-state index contributed by atoms with van der Waals surface area (Å²) in [6, 6.07) is 0. The van der Waals surface area contributed by atoms with E-state index in [1.165, 1.54) is 6.20 Å². The minimum Gasteiger partial charge on any atom is -0.369 e. The average molecular weight is 223 g/mol. The minimum absolute atomic E-state index is 0.0572. The maximum absolute atomic E-state index is 10.5. The number of rotatable bonds is 5. The zero-order chi connectivity index (χ0) is 11.4. The van der Waals surface area contributed by atoms with E-state index in [1.807, 2.05) is 0 Å². The van der Waals surface area contributed by atoms with E-state index in [0.29, 0.717) is 17.4 Å². The number of nitrogens with two attached hydrogens (primary N) is 1. The highest BCUT2D eigenvalue weighted by molar-refractivity contribution is 5.75. The monoisotopic (exact) mass is 223 g/mol. The Morgan fingerprint density at radius 3 is 3.19 bits per heavy atom. The van der Waals surface area contributed by atoms with Crippen molar-refractivity contribution in [2.45, 2.75) is 6.54 Å². The fraction of sp³-hybridized carbons (Fsp3) is 0.286. The quantitative estimate of drug-likeness (QED) is 0.557. The molecule has 9 nitrogen and oxygen atoms in total. The molecule has 2 aromatic rings. The summed E-state index contributed by atoms with van der Waals surface area (Å²) < 4.78 is 4.91. The number of aromatic amines is 1. The Labute approximate surface area is 89.4 Å². The van der Waals surface area contributed by atoms with Crippen LogP contribution in [0.3, 0.4) is 0 Å². The number of nitrogens with one attached hydrogen (secondary N) is 2. The first-order valence-electron chi connectivity index (χ1n) is 4.43. The topological polar surface area (TPSA) is 136 Å². The maximum Gasteiger partial charge on any atom is 0.240 e. The van der Waals surface area contributed by atoms with Crippen LogP contribution in [0, 0.1) is 0 Å². The molecule has 2 heterocycles. The number of amides is 1. The first-order valence-corrected chi connectivity index (χ1v) is 4.43. The van der Waals surface area contributed by atoms with Gasteiger partial charge in [-0.25, -0.2) is 0 Å². The number of primary amides is 1. The molecule has 0 unspecified atom stereocenters. The molecular formula is C7H9N7O2. The van der Waals surface area contributed by atoms with E-state index >= 15 is 0 Å². The van der Waals surface area contributed by atoms with Crippen molar-refractivity contribution in [3.8, 4) is 11.5 Å². The van der Waals surface area contributed by atoms with E-state index < -0.39 is 5.91 Å². The van der Waals surface area contributed by atoms with E-state index in [4.69, 9.17) is 10.3 Å². The first-order chi connectivity index (χ1) is 7.75. The van der Waals surface area contributed by atoms with E-state index in [-0.39, 0.29) is 13.1 Å². The maximum atomic E-state index is 10.5. The fourth-order valence-corrected chi connectivity index (χ4v) is 1.03. The first kappa shape index (κ1) is 10.2.